The van der Waals surface area contributed by atoms with Gasteiger partial charge in [0.25, 0.3) is 0 Å². The van der Waals surface area contributed by atoms with Gasteiger partial charge in [0.15, 0.2) is 0 Å². The molecule has 25 heavy (non-hydrogen) atoms. The zero-order valence-electron chi connectivity index (χ0n) is 13.2. The summed E-state index contributed by atoms with van der Waals surface area (Å²) in [6.07, 6.45) is -1.87. The van der Waals surface area contributed by atoms with E-state index in [-0.39, 0.29) is 5.52 Å². The number of aryl methyl sites for hydroxylation is 1. The topological polar surface area (TPSA) is 22.1 Å². The van der Waals surface area contributed by atoms with E-state index in [2.05, 4.69) is 4.98 Å². The highest BCUT2D eigenvalue weighted by Crippen LogP contribution is 2.30. The molecule has 130 valence electrons. The Balaban J connectivity index is 1.62. The monoisotopic (exact) mass is 349 g/mol. The van der Waals surface area contributed by atoms with Crippen molar-refractivity contribution in [3.05, 3.63) is 71.7 Å². The molecule has 3 rings (SSSR count). The predicted octanol–water partition coefficient (Wildman–Crippen LogP) is 5.40. The summed E-state index contributed by atoms with van der Waals surface area (Å²) >= 11 is 0. The second-order valence-electron chi connectivity index (χ2n) is 5.60. The van der Waals surface area contributed by atoms with Gasteiger partial charge >= 0.3 is 6.18 Å². The van der Waals surface area contributed by atoms with Crippen LogP contribution in [0.3, 0.4) is 0 Å². The standard InChI is InChI=1S/C19H15F4NO/c20-16-8-2-7-15-17(9-10-24-18(15)16)25-11-3-5-13-4-1-6-14(12-13)19(21,22)23/h1-2,4,6-10,12H,3,5,11H2. The van der Waals surface area contributed by atoms with Crippen LogP contribution in [0.2, 0.25) is 0 Å². The average molecular weight is 349 g/mol. The van der Waals surface area contributed by atoms with Crippen LogP contribution in [0.4, 0.5) is 17.6 Å². The summed E-state index contributed by atoms with van der Waals surface area (Å²) in [5.41, 5.74) is 0.184. The molecule has 3 aromatic rings. The van der Waals surface area contributed by atoms with Crippen LogP contribution in [0, 0.1) is 5.82 Å². The summed E-state index contributed by atoms with van der Waals surface area (Å²) in [6, 6.07) is 11.5. The quantitative estimate of drug-likeness (QED) is 0.454. The third-order valence-electron chi connectivity index (χ3n) is 3.80. The molecule has 0 bridgehead atoms. The minimum absolute atomic E-state index is 0.234. The predicted molar refractivity (Wildman–Crippen MR) is 87.0 cm³/mol. The smallest absolute Gasteiger partial charge is 0.416 e. The number of rotatable bonds is 5. The van der Waals surface area contributed by atoms with Crippen LogP contribution in [0.15, 0.2) is 54.7 Å². The molecule has 0 aliphatic heterocycles. The number of halogens is 4. The van der Waals surface area contributed by atoms with Gasteiger partial charge in [-0.1, -0.05) is 24.3 Å². The lowest BCUT2D eigenvalue weighted by Gasteiger charge is -2.10. The number of alkyl halides is 3. The van der Waals surface area contributed by atoms with E-state index < -0.39 is 17.6 Å². The number of para-hydroxylation sites is 1. The molecule has 6 heteroatoms. The van der Waals surface area contributed by atoms with Crippen molar-refractivity contribution < 1.29 is 22.3 Å². The van der Waals surface area contributed by atoms with Crippen LogP contribution in [0.1, 0.15) is 17.5 Å². The lowest BCUT2D eigenvalue weighted by Crippen LogP contribution is -2.06. The minimum atomic E-state index is -4.34. The first-order chi connectivity index (χ1) is 11.9. The summed E-state index contributed by atoms with van der Waals surface area (Å²) in [5, 5.41) is 0.571. The van der Waals surface area contributed by atoms with Crippen molar-refractivity contribution in [1.82, 2.24) is 4.98 Å². The van der Waals surface area contributed by atoms with Gasteiger partial charge in [0, 0.05) is 11.6 Å². The van der Waals surface area contributed by atoms with Crippen molar-refractivity contribution >= 4 is 10.9 Å². The van der Waals surface area contributed by atoms with E-state index in [1.807, 2.05) is 0 Å². The van der Waals surface area contributed by atoms with Gasteiger partial charge in [-0.15, -0.1) is 0 Å². The first-order valence-corrected chi connectivity index (χ1v) is 7.77. The van der Waals surface area contributed by atoms with Crippen LogP contribution in [0.5, 0.6) is 5.75 Å². The van der Waals surface area contributed by atoms with Crippen molar-refractivity contribution in [2.24, 2.45) is 0 Å². The fourth-order valence-corrected chi connectivity index (χ4v) is 2.60. The molecule has 0 N–H and O–H groups in total. The lowest BCUT2D eigenvalue weighted by atomic mass is 10.1. The zero-order valence-corrected chi connectivity index (χ0v) is 13.2. The van der Waals surface area contributed by atoms with E-state index in [0.717, 1.165) is 12.1 Å². The number of ether oxygens (including phenoxy) is 1. The third kappa shape index (κ3) is 4.07. The SMILES string of the molecule is Fc1cccc2c(OCCCc3cccc(C(F)(F)F)c3)ccnc12. The van der Waals surface area contributed by atoms with Crippen LogP contribution in [-0.2, 0) is 12.6 Å². The maximum Gasteiger partial charge on any atom is 0.416 e. The van der Waals surface area contributed by atoms with Crippen LogP contribution in [0.25, 0.3) is 10.9 Å². The Labute approximate surface area is 142 Å². The first-order valence-electron chi connectivity index (χ1n) is 7.77. The molecule has 0 aliphatic rings. The van der Waals surface area contributed by atoms with E-state index in [0.29, 0.717) is 36.1 Å². The fraction of sp³-hybridized carbons (Fsp3) is 0.211. The molecular formula is C19H15F4NO. The Morgan fingerprint density at radius 1 is 1.00 bits per heavy atom. The molecule has 0 amide bonds. The second kappa shape index (κ2) is 7.09. The maximum absolute atomic E-state index is 13.7. The van der Waals surface area contributed by atoms with E-state index in [9.17, 15) is 17.6 Å². The molecule has 0 saturated carbocycles. The third-order valence-corrected chi connectivity index (χ3v) is 3.80. The Morgan fingerprint density at radius 2 is 1.80 bits per heavy atom. The molecule has 1 aromatic heterocycles. The van der Waals surface area contributed by atoms with Crippen molar-refractivity contribution in [3.63, 3.8) is 0 Å². The molecule has 1 heterocycles. The summed E-state index contributed by atoms with van der Waals surface area (Å²) in [5.74, 6) is 0.0838. The van der Waals surface area contributed by atoms with Crippen LogP contribution >= 0.6 is 0 Å². The number of aromatic nitrogens is 1. The van der Waals surface area contributed by atoms with Gasteiger partial charge < -0.3 is 4.74 Å². The van der Waals surface area contributed by atoms with E-state index in [4.69, 9.17) is 4.74 Å². The summed E-state index contributed by atoms with van der Waals surface area (Å²) in [7, 11) is 0. The largest absolute Gasteiger partial charge is 0.493 e. The Morgan fingerprint density at radius 3 is 2.60 bits per heavy atom. The van der Waals surface area contributed by atoms with E-state index >= 15 is 0 Å². The van der Waals surface area contributed by atoms with Gasteiger partial charge in [-0.05, 0) is 42.7 Å². The summed E-state index contributed by atoms with van der Waals surface area (Å²) < 4.78 is 57.5. The molecule has 0 fully saturated rings. The Hall–Kier alpha value is -2.63. The van der Waals surface area contributed by atoms with Crippen molar-refractivity contribution in [2.75, 3.05) is 6.61 Å². The maximum atomic E-state index is 13.7. The summed E-state index contributed by atoms with van der Waals surface area (Å²) in [4.78, 5) is 3.99. The van der Waals surface area contributed by atoms with E-state index in [1.165, 1.54) is 18.3 Å². The minimum Gasteiger partial charge on any atom is -0.493 e. The van der Waals surface area contributed by atoms with Gasteiger partial charge in [-0.25, -0.2) is 4.39 Å². The number of hydrogen-bond acceptors (Lipinski definition) is 2. The molecule has 0 aliphatic carbocycles. The second-order valence-corrected chi connectivity index (χ2v) is 5.60. The van der Waals surface area contributed by atoms with Gasteiger partial charge in [0.05, 0.1) is 12.2 Å². The number of hydrogen-bond donors (Lipinski definition) is 0. The molecule has 0 atom stereocenters. The molecule has 0 radical (unpaired) electrons. The fourth-order valence-electron chi connectivity index (χ4n) is 2.60. The van der Waals surface area contributed by atoms with Crippen molar-refractivity contribution in [3.8, 4) is 5.75 Å². The molecule has 2 aromatic carbocycles. The zero-order chi connectivity index (χ0) is 17.9. The highest BCUT2D eigenvalue weighted by Gasteiger charge is 2.30. The molecule has 2 nitrogen and oxygen atoms in total. The van der Waals surface area contributed by atoms with Crippen molar-refractivity contribution in [2.45, 2.75) is 19.0 Å². The lowest BCUT2D eigenvalue weighted by molar-refractivity contribution is -0.137. The van der Waals surface area contributed by atoms with Gasteiger partial charge in [0.1, 0.15) is 17.1 Å². The number of benzene rings is 2. The highest BCUT2D eigenvalue weighted by molar-refractivity contribution is 5.85. The molecule has 0 unspecified atom stereocenters. The molecule has 0 spiro atoms. The van der Waals surface area contributed by atoms with Gasteiger partial charge in [-0.2, -0.15) is 13.2 Å². The van der Waals surface area contributed by atoms with Gasteiger partial charge in [-0.3, -0.25) is 4.98 Å². The summed E-state index contributed by atoms with van der Waals surface area (Å²) in [6.45, 7) is 0.311. The van der Waals surface area contributed by atoms with Crippen LogP contribution < -0.4 is 4.74 Å². The molecular weight excluding hydrogens is 334 g/mol. The molecule has 0 saturated heterocycles. The normalized spacial score (nSPS) is 11.7. The Bertz CT molecular complexity index is 877. The average Bonchev–Trinajstić information content (AvgIpc) is 2.59. The number of fused-ring (bicyclic) bond motifs is 1. The van der Waals surface area contributed by atoms with Crippen molar-refractivity contribution in [1.29, 1.82) is 0 Å². The van der Waals surface area contributed by atoms with Gasteiger partial charge in [0.2, 0.25) is 0 Å². The first kappa shape index (κ1) is 17.2. The van der Waals surface area contributed by atoms with Crippen LogP contribution in [-0.4, -0.2) is 11.6 Å². The highest BCUT2D eigenvalue weighted by atomic mass is 19.4. The Kier molecular flexibility index (Phi) is 4.88. The number of pyridine rings is 1. The number of nitrogens with zero attached hydrogens (tertiary/aromatic N) is 1. The van der Waals surface area contributed by atoms with E-state index in [1.54, 1.807) is 24.3 Å².